The summed E-state index contributed by atoms with van der Waals surface area (Å²) in [6, 6.07) is 8.48. The van der Waals surface area contributed by atoms with Crippen molar-refractivity contribution < 1.29 is 0 Å². The highest BCUT2D eigenvalue weighted by Gasteiger charge is 2.36. The molecule has 0 aromatic heterocycles. The Morgan fingerprint density at radius 1 is 1.37 bits per heavy atom. The van der Waals surface area contributed by atoms with Crippen LogP contribution in [-0.2, 0) is 6.54 Å². The van der Waals surface area contributed by atoms with Gasteiger partial charge in [0.25, 0.3) is 0 Å². The Labute approximate surface area is 120 Å². The molecular formula is C15H22ClN3. The minimum Gasteiger partial charge on any atom is -0.353 e. The maximum atomic E-state index is 5.87. The Kier molecular flexibility index (Phi) is 5.08. The molecule has 2 unspecified atom stereocenters. The van der Waals surface area contributed by atoms with E-state index in [1.165, 1.54) is 24.8 Å². The first-order valence-electron chi connectivity index (χ1n) is 6.94. The van der Waals surface area contributed by atoms with Gasteiger partial charge in [0.05, 0.1) is 0 Å². The first kappa shape index (κ1) is 14.2. The lowest BCUT2D eigenvalue weighted by atomic mass is 10.2. The van der Waals surface area contributed by atoms with Crippen molar-refractivity contribution in [3.8, 4) is 0 Å². The molecule has 2 N–H and O–H groups in total. The molecule has 1 saturated carbocycles. The zero-order valence-electron chi connectivity index (χ0n) is 11.6. The van der Waals surface area contributed by atoms with Gasteiger partial charge in [0.2, 0.25) is 0 Å². The molecule has 0 radical (unpaired) electrons. The number of hydrogen-bond donors (Lipinski definition) is 2. The van der Waals surface area contributed by atoms with E-state index in [2.05, 4.69) is 22.5 Å². The molecule has 1 aliphatic carbocycles. The number of rotatable bonds is 5. The van der Waals surface area contributed by atoms with Gasteiger partial charge in [-0.2, -0.15) is 0 Å². The van der Waals surface area contributed by atoms with E-state index in [1.807, 2.05) is 31.3 Å². The molecule has 2 atom stereocenters. The summed E-state index contributed by atoms with van der Waals surface area (Å²) in [5, 5.41) is 7.57. The summed E-state index contributed by atoms with van der Waals surface area (Å²) < 4.78 is 0. The summed E-state index contributed by atoms with van der Waals surface area (Å²) in [6.45, 7) is 3.00. The SMILES string of the molecule is CCCC1CC1NC(=NC)NCc1ccc(Cl)cc1. The van der Waals surface area contributed by atoms with E-state index in [4.69, 9.17) is 11.6 Å². The third-order valence-electron chi connectivity index (χ3n) is 3.50. The van der Waals surface area contributed by atoms with Crippen LogP contribution in [0.2, 0.25) is 5.02 Å². The number of nitrogens with zero attached hydrogens (tertiary/aromatic N) is 1. The van der Waals surface area contributed by atoms with Crippen molar-refractivity contribution in [3.05, 3.63) is 34.9 Å². The Morgan fingerprint density at radius 2 is 2.11 bits per heavy atom. The number of hydrogen-bond acceptors (Lipinski definition) is 1. The molecule has 1 aromatic rings. The third kappa shape index (κ3) is 4.43. The Hall–Kier alpha value is -1.22. The summed E-state index contributed by atoms with van der Waals surface area (Å²) in [7, 11) is 1.81. The van der Waals surface area contributed by atoms with E-state index >= 15 is 0 Å². The summed E-state index contributed by atoms with van der Waals surface area (Å²) in [6.07, 6.45) is 3.85. The largest absolute Gasteiger partial charge is 0.353 e. The minimum absolute atomic E-state index is 0.608. The smallest absolute Gasteiger partial charge is 0.191 e. The highest BCUT2D eigenvalue weighted by atomic mass is 35.5. The van der Waals surface area contributed by atoms with Gasteiger partial charge >= 0.3 is 0 Å². The summed E-state index contributed by atoms with van der Waals surface area (Å²) in [5.74, 6) is 1.72. The van der Waals surface area contributed by atoms with Gasteiger partial charge in [-0.25, -0.2) is 0 Å². The van der Waals surface area contributed by atoms with Crippen LogP contribution in [0.3, 0.4) is 0 Å². The van der Waals surface area contributed by atoms with E-state index in [-0.39, 0.29) is 0 Å². The van der Waals surface area contributed by atoms with Crippen molar-refractivity contribution in [2.24, 2.45) is 10.9 Å². The Morgan fingerprint density at radius 3 is 2.74 bits per heavy atom. The second-order valence-electron chi connectivity index (χ2n) is 5.09. The summed E-state index contributed by atoms with van der Waals surface area (Å²) >= 11 is 5.87. The average Bonchev–Trinajstić information content (AvgIpc) is 3.15. The molecule has 1 aliphatic rings. The molecule has 0 heterocycles. The first-order valence-corrected chi connectivity index (χ1v) is 7.32. The van der Waals surface area contributed by atoms with E-state index < -0.39 is 0 Å². The topological polar surface area (TPSA) is 36.4 Å². The average molecular weight is 280 g/mol. The van der Waals surface area contributed by atoms with Crippen LogP contribution < -0.4 is 10.6 Å². The van der Waals surface area contributed by atoms with Crippen LogP contribution >= 0.6 is 11.6 Å². The van der Waals surface area contributed by atoms with Gasteiger partial charge < -0.3 is 10.6 Å². The maximum absolute atomic E-state index is 5.87. The van der Waals surface area contributed by atoms with Crippen LogP contribution in [0.1, 0.15) is 31.7 Å². The molecule has 4 heteroatoms. The normalized spacial score (nSPS) is 22.2. The molecule has 19 heavy (non-hydrogen) atoms. The second kappa shape index (κ2) is 6.80. The molecular weight excluding hydrogens is 258 g/mol. The predicted octanol–water partition coefficient (Wildman–Crippen LogP) is 3.19. The lowest BCUT2D eigenvalue weighted by molar-refractivity contribution is 0.655. The van der Waals surface area contributed by atoms with E-state index in [0.717, 1.165) is 23.4 Å². The molecule has 1 aromatic carbocycles. The van der Waals surface area contributed by atoms with Crippen LogP contribution in [0.4, 0.5) is 0 Å². The molecule has 0 spiro atoms. The van der Waals surface area contributed by atoms with Gasteiger partial charge in [-0.3, -0.25) is 4.99 Å². The van der Waals surface area contributed by atoms with Gasteiger partial charge in [-0.1, -0.05) is 37.1 Å². The van der Waals surface area contributed by atoms with Gasteiger partial charge in [-0.05, 0) is 36.5 Å². The van der Waals surface area contributed by atoms with Crippen LogP contribution in [0, 0.1) is 5.92 Å². The van der Waals surface area contributed by atoms with Crippen molar-refractivity contribution in [1.82, 2.24) is 10.6 Å². The number of nitrogens with one attached hydrogen (secondary N) is 2. The maximum Gasteiger partial charge on any atom is 0.191 e. The molecule has 0 saturated heterocycles. The van der Waals surface area contributed by atoms with Crippen LogP contribution in [0.15, 0.2) is 29.3 Å². The van der Waals surface area contributed by atoms with Crippen molar-refractivity contribution in [2.75, 3.05) is 7.05 Å². The lowest BCUT2D eigenvalue weighted by Crippen LogP contribution is -2.38. The van der Waals surface area contributed by atoms with Gasteiger partial charge in [0, 0.05) is 24.7 Å². The van der Waals surface area contributed by atoms with Crippen molar-refractivity contribution in [1.29, 1.82) is 0 Å². The highest BCUT2D eigenvalue weighted by Crippen LogP contribution is 2.34. The van der Waals surface area contributed by atoms with Gasteiger partial charge in [0.15, 0.2) is 5.96 Å². The van der Waals surface area contributed by atoms with Crippen LogP contribution in [0.25, 0.3) is 0 Å². The third-order valence-corrected chi connectivity index (χ3v) is 3.75. The second-order valence-corrected chi connectivity index (χ2v) is 5.52. The van der Waals surface area contributed by atoms with Gasteiger partial charge in [0.1, 0.15) is 0 Å². The predicted molar refractivity (Wildman–Crippen MR) is 81.6 cm³/mol. The lowest BCUT2D eigenvalue weighted by Gasteiger charge is -2.12. The monoisotopic (exact) mass is 279 g/mol. The van der Waals surface area contributed by atoms with Crippen molar-refractivity contribution in [3.63, 3.8) is 0 Å². The fourth-order valence-electron chi connectivity index (χ4n) is 2.27. The number of aliphatic imine (C=N–C) groups is 1. The molecule has 0 bridgehead atoms. The first-order chi connectivity index (χ1) is 9.22. The highest BCUT2D eigenvalue weighted by molar-refractivity contribution is 6.30. The molecule has 0 aliphatic heterocycles. The van der Waals surface area contributed by atoms with E-state index in [1.54, 1.807) is 0 Å². The molecule has 1 fully saturated rings. The zero-order chi connectivity index (χ0) is 13.7. The summed E-state index contributed by atoms with van der Waals surface area (Å²) in [5.41, 5.74) is 1.20. The number of benzene rings is 1. The molecule has 2 rings (SSSR count). The summed E-state index contributed by atoms with van der Waals surface area (Å²) in [4.78, 5) is 4.26. The Bertz CT molecular complexity index is 428. The van der Waals surface area contributed by atoms with Crippen molar-refractivity contribution >= 4 is 17.6 Å². The van der Waals surface area contributed by atoms with Crippen LogP contribution in [-0.4, -0.2) is 19.0 Å². The molecule has 0 amide bonds. The van der Waals surface area contributed by atoms with Crippen molar-refractivity contribution in [2.45, 2.75) is 38.8 Å². The van der Waals surface area contributed by atoms with Crippen LogP contribution in [0.5, 0.6) is 0 Å². The van der Waals surface area contributed by atoms with Gasteiger partial charge in [-0.15, -0.1) is 0 Å². The number of halogens is 1. The fourth-order valence-corrected chi connectivity index (χ4v) is 2.40. The standard InChI is InChI=1S/C15H22ClN3/c1-3-4-12-9-14(12)19-15(17-2)18-10-11-5-7-13(16)8-6-11/h5-8,12,14H,3-4,9-10H2,1-2H3,(H2,17,18,19). The van der Waals surface area contributed by atoms with E-state index in [0.29, 0.717) is 6.04 Å². The molecule has 3 nitrogen and oxygen atoms in total. The Balaban J connectivity index is 1.76. The number of guanidine groups is 1. The molecule has 104 valence electrons. The fraction of sp³-hybridized carbons (Fsp3) is 0.533. The quantitative estimate of drug-likeness (QED) is 0.641. The zero-order valence-corrected chi connectivity index (χ0v) is 12.4. The minimum atomic E-state index is 0.608. The van der Waals surface area contributed by atoms with E-state index in [9.17, 15) is 0 Å².